The molecule has 0 aliphatic rings. The molecule has 0 aliphatic carbocycles. The highest BCUT2D eigenvalue weighted by Gasteiger charge is 2.00. The monoisotopic (exact) mass is 260 g/mol. The molecule has 0 aromatic heterocycles. The lowest BCUT2D eigenvalue weighted by molar-refractivity contribution is 0.250. The zero-order valence-electron chi connectivity index (χ0n) is 9.36. The van der Waals surface area contributed by atoms with Crippen molar-refractivity contribution in [3.63, 3.8) is 0 Å². The summed E-state index contributed by atoms with van der Waals surface area (Å²) in [6, 6.07) is 6.59. The molecule has 1 nitrogen and oxygen atoms in total. The Morgan fingerprint density at radius 2 is 1.94 bits per heavy atom. The standard InChI is InChI=1S/C12H17FOS2/c1-10(8-14)9-15-6-7-16-12-4-2-11(13)3-5-12/h2-5,10,14H,6-9H2,1H3. The van der Waals surface area contributed by atoms with Gasteiger partial charge in [-0.1, -0.05) is 6.92 Å². The van der Waals surface area contributed by atoms with Crippen LogP contribution >= 0.6 is 23.5 Å². The van der Waals surface area contributed by atoms with Crippen molar-refractivity contribution in [2.24, 2.45) is 5.92 Å². The maximum absolute atomic E-state index is 12.6. The van der Waals surface area contributed by atoms with Gasteiger partial charge in [-0.25, -0.2) is 4.39 Å². The van der Waals surface area contributed by atoms with E-state index in [1.165, 1.54) is 12.1 Å². The number of aliphatic hydroxyl groups excluding tert-OH is 1. The second kappa shape index (κ2) is 7.98. The number of rotatable bonds is 7. The summed E-state index contributed by atoms with van der Waals surface area (Å²) < 4.78 is 12.6. The fourth-order valence-electron chi connectivity index (χ4n) is 1.09. The van der Waals surface area contributed by atoms with Crippen molar-refractivity contribution in [3.05, 3.63) is 30.1 Å². The van der Waals surface area contributed by atoms with E-state index in [-0.39, 0.29) is 12.4 Å². The Labute approximate surface area is 105 Å². The Bertz CT molecular complexity index is 290. The molecule has 1 aromatic rings. The van der Waals surface area contributed by atoms with E-state index in [2.05, 4.69) is 0 Å². The summed E-state index contributed by atoms with van der Waals surface area (Å²) in [7, 11) is 0. The molecule has 0 saturated heterocycles. The summed E-state index contributed by atoms with van der Waals surface area (Å²) in [6.07, 6.45) is 0. The fraction of sp³-hybridized carbons (Fsp3) is 0.500. The van der Waals surface area contributed by atoms with Gasteiger partial charge in [0.15, 0.2) is 0 Å². The summed E-state index contributed by atoms with van der Waals surface area (Å²) in [6.45, 7) is 2.30. The molecule has 0 fully saturated rings. The van der Waals surface area contributed by atoms with Gasteiger partial charge >= 0.3 is 0 Å². The van der Waals surface area contributed by atoms with Crippen LogP contribution in [0.4, 0.5) is 4.39 Å². The Balaban J connectivity index is 2.09. The number of hydrogen-bond acceptors (Lipinski definition) is 3. The average Bonchev–Trinajstić information content (AvgIpc) is 2.31. The number of thioether (sulfide) groups is 2. The fourth-order valence-corrected chi connectivity index (χ4v) is 3.13. The van der Waals surface area contributed by atoms with Gasteiger partial charge in [-0.05, 0) is 35.9 Å². The Kier molecular flexibility index (Phi) is 6.92. The van der Waals surface area contributed by atoms with Gasteiger partial charge in [0.25, 0.3) is 0 Å². The molecule has 1 rings (SSSR count). The van der Waals surface area contributed by atoms with Crippen LogP contribution in [0.1, 0.15) is 6.92 Å². The molecule has 1 aromatic carbocycles. The van der Waals surface area contributed by atoms with Gasteiger partial charge in [-0.2, -0.15) is 11.8 Å². The minimum absolute atomic E-state index is 0.185. The van der Waals surface area contributed by atoms with Gasteiger partial charge in [-0.3, -0.25) is 0 Å². The summed E-state index contributed by atoms with van der Waals surface area (Å²) >= 11 is 3.59. The van der Waals surface area contributed by atoms with Crippen LogP contribution < -0.4 is 0 Å². The smallest absolute Gasteiger partial charge is 0.123 e. The lowest BCUT2D eigenvalue weighted by atomic mass is 10.2. The van der Waals surface area contributed by atoms with Crippen LogP contribution in [0.5, 0.6) is 0 Å². The van der Waals surface area contributed by atoms with Crippen molar-refractivity contribution in [3.8, 4) is 0 Å². The highest BCUT2D eigenvalue weighted by molar-refractivity contribution is 8.02. The van der Waals surface area contributed by atoms with Crippen LogP contribution in [0.25, 0.3) is 0 Å². The number of benzene rings is 1. The van der Waals surface area contributed by atoms with Gasteiger partial charge in [0.1, 0.15) is 5.82 Å². The van der Waals surface area contributed by atoms with E-state index in [0.717, 1.165) is 22.2 Å². The average molecular weight is 260 g/mol. The third-order valence-corrected chi connectivity index (χ3v) is 4.59. The first-order chi connectivity index (χ1) is 7.72. The largest absolute Gasteiger partial charge is 0.396 e. The summed E-state index contributed by atoms with van der Waals surface area (Å²) in [5, 5.41) is 8.84. The van der Waals surface area contributed by atoms with Crippen LogP contribution in [-0.2, 0) is 0 Å². The molecular weight excluding hydrogens is 243 g/mol. The zero-order chi connectivity index (χ0) is 11.8. The van der Waals surface area contributed by atoms with Gasteiger partial charge < -0.3 is 5.11 Å². The van der Waals surface area contributed by atoms with E-state index in [9.17, 15) is 4.39 Å². The first-order valence-corrected chi connectivity index (χ1v) is 7.43. The predicted molar refractivity (Wildman–Crippen MR) is 70.7 cm³/mol. The van der Waals surface area contributed by atoms with Gasteiger partial charge in [0.05, 0.1) is 0 Å². The minimum atomic E-state index is -0.185. The minimum Gasteiger partial charge on any atom is -0.396 e. The molecular formula is C12H17FOS2. The van der Waals surface area contributed by atoms with E-state index in [1.807, 2.05) is 18.7 Å². The van der Waals surface area contributed by atoms with Crippen molar-refractivity contribution < 1.29 is 9.50 Å². The molecule has 0 radical (unpaired) electrons. The van der Waals surface area contributed by atoms with Gasteiger partial charge in [0.2, 0.25) is 0 Å². The molecule has 0 amide bonds. The molecule has 0 bridgehead atoms. The molecule has 1 unspecified atom stereocenters. The van der Waals surface area contributed by atoms with Gasteiger partial charge in [-0.15, -0.1) is 11.8 Å². The highest BCUT2D eigenvalue weighted by Crippen LogP contribution is 2.20. The quantitative estimate of drug-likeness (QED) is 0.600. The van der Waals surface area contributed by atoms with E-state index < -0.39 is 0 Å². The van der Waals surface area contributed by atoms with Crippen molar-refractivity contribution >= 4 is 23.5 Å². The molecule has 4 heteroatoms. The maximum atomic E-state index is 12.6. The van der Waals surface area contributed by atoms with Crippen molar-refractivity contribution in [2.45, 2.75) is 11.8 Å². The maximum Gasteiger partial charge on any atom is 0.123 e. The Morgan fingerprint density at radius 3 is 2.56 bits per heavy atom. The van der Waals surface area contributed by atoms with E-state index in [0.29, 0.717) is 5.92 Å². The first kappa shape index (κ1) is 13.9. The summed E-state index contributed by atoms with van der Waals surface area (Å²) in [5.74, 6) is 3.28. The van der Waals surface area contributed by atoms with Crippen LogP contribution in [0.3, 0.4) is 0 Å². The zero-order valence-corrected chi connectivity index (χ0v) is 11.0. The second-order valence-electron chi connectivity index (χ2n) is 3.67. The molecule has 1 N–H and O–H groups in total. The number of aliphatic hydroxyl groups is 1. The van der Waals surface area contributed by atoms with Crippen molar-refractivity contribution in [2.75, 3.05) is 23.9 Å². The van der Waals surface area contributed by atoms with E-state index in [1.54, 1.807) is 23.9 Å². The predicted octanol–water partition coefficient (Wildman–Crippen LogP) is 3.28. The summed E-state index contributed by atoms with van der Waals surface area (Å²) in [4.78, 5) is 1.11. The lowest BCUT2D eigenvalue weighted by Crippen LogP contribution is -2.04. The molecule has 90 valence electrons. The van der Waals surface area contributed by atoms with E-state index >= 15 is 0 Å². The first-order valence-electron chi connectivity index (χ1n) is 5.29. The second-order valence-corrected chi connectivity index (χ2v) is 5.98. The molecule has 1 atom stereocenters. The van der Waals surface area contributed by atoms with Crippen LogP contribution in [0, 0.1) is 11.7 Å². The van der Waals surface area contributed by atoms with Crippen LogP contribution in [0.2, 0.25) is 0 Å². The number of halogens is 1. The topological polar surface area (TPSA) is 20.2 Å². The third-order valence-electron chi connectivity index (χ3n) is 2.02. The SMILES string of the molecule is CC(CO)CSCCSc1ccc(F)cc1. The molecule has 16 heavy (non-hydrogen) atoms. The molecule has 0 spiro atoms. The van der Waals surface area contributed by atoms with E-state index in [4.69, 9.17) is 5.11 Å². The molecule has 0 heterocycles. The molecule has 0 saturated carbocycles. The highest BCUT2D eigenvalue weighted by atomic mass is 32.2. The third kappa shape index (κ3) is 5.77. The normalized spacial score (nSPS) is 12.7. The van der Waals surface area contributed by atoms with Crippen molar-refractivity contribution in [1.82, 2.24) is 0 Å². The number of hydrogen-bond donors (Lipinski definition) is 1. The molecule has 0 aliphatic heterocycles. The Hall–Kier alpha value is -0.190. The summed E-state index contributed by atoms with van der Waals surface area (Å²) in [5.41, 5.74) is 0. The van der Waals surface area contributed by atoms with Crippen LogP contribution in [0.15, 0.2) is 29.2 Å². The lowest BCUT2D eigenvalue weighted by Gasteiger charge is -2.06. The van der Waals surface area contributed by atoms with Crippen LogP contribution in [-0.4, -0.2) is 29.0 Å². The van der Waals surface area contributed by atoms with Crippen molar-refractivity contribution in [1.29, 1.82) is 0 Å². The Morgan fingerprint density at radius 1 is 1.25 bits per heavy atom. The van der Waals surface area contributed by atoms with Gasteiger partial charge in [0, 0.05) is 23.0 Å².